The van der Waals surface area contributed by atoms with Crippen molar-refractivity contribution in [2.75, 3.05) is 24.5 Å². The molecule has 1 fully saturated rings. The first-order chi connectivity index (χ1) is 9.70. The van der Waals surface area contributed by atoms with E-state index in [0.29, 0.717) is 0 Å². The van der Waals surface area contributed by atoms with E-state index in [1.54, 1.807) is 12.4 Å². The number of hydrogen-bond donors (Lipinski definition) is 1. The van der Waals surface area contributed by atoms with Crippen molar-refractivity contribution in [3.63, 3.8) is 0 Å². The summed E-state index contributed by atoms with van der Waals surface area (Å²) in [6.45, 7) is 6.56. The molecule has 1 saturated heterocycles. The van der Waals surface area contributed by atoms with Crippen molar-refractivity contribution < 1.29 is 4.79 Å². The Morgan fingerprint density at radius 2 is 2.35 bits per heavy atom. The number of aryl methyl sites for hydroxylation is 1. The van der Waals surface area contributed by atoms with Gasteiger partial charge in [-0.15, -0.1) is 0 Å². The van der Waals surface area contributed by atoms with E-state index in [4.69, 9.17) is 0 Å². The zero-order chi connectivity index (χ0) is 14.4. The van der Waals surface area contributed by atoms with Gasteiger partial charge < -0.3 is 10.2 Å². The van der Waals surface area contributed by atoms with Crippen LogP contribution < -0.4 is 10.2 Å². The summed E-state index contributed by atoms with van der Waals surface area (Å²) in [7, 11) is 0. The van der Waals surface area contributed by atoms with E-state index in [2.05, 4.69) is 27.1 Å². The maximum absolute atomic E-state index is 12.1. The minimum absolute atomic E-state index is 0.0721. The van der Waals surface area contributed by atoms with Gasteiger partial charge in [-0.2, -0.15) is 0 Å². The van der Waals surface area contributed by atoms with Gasteiger partial charge in [0.1, 0.15) is 5.82 Å². The van der Waals surface area contributed by atoms with Gasteiger partial charge in [-0.05, 0) is 26.2 Å². The smallest absolute Gasteiger partial charge is 0.224 e. The monoisotopic (exact) mass is 276 g/mol. The van der Waals surface area contributed by atoms with Gasteiger partial charge >= 0.3 is 0 Å². The molecule has 0 radical (unpaired) electrons. The molecule has 0 aliphatic carbocycles. The summed E-state index contributed by atoms with van der Waals surface area (Å²) >= 11 is 0. The number of rotatable bonds is 5. The molecule has 5 nitrogen and oxygen atoms in total. The lowest BCUT2D eigenvalue weighted by atomic mass is 9.97. The predicted molar refractivity (Wildman–Crippen MR) is 79.6 cm³/mol. The lowest BCUT2D eigenvalue weighted by molar-refractivity contribution is -0.125. The summed E-state index contributed by atoms with van der Waals surface area (Å²) in [5.74, 6) is 1.14. The Bertz CT molecular complexity index is 449. The van der Waals surface area contributed by atoms with Crippen molar-refractivity contribution >= 4 is 11.7 Å². The Balaban J connectivity index is 1.93. The highest BCUT2D eigenvalue weighted by molar-refractivity contribution is 5.79. The first-order valence-corrected chi connectivity index (χ1v) is 7.52. The number of nitrogens with zero attached hydrogens (tertiary/aromatic N) is 3. The molecule has 1 aliphatic heterocycles. The lowest BCUT2D eigenvalue weighted by Gasteiger charge is -2.32. The molecule has 2 rings (SSSR count). The third-order valence-corrected chi connectivity index (χ3v) is 3.69. The summed E-state index contributed by atoms with van der Waals surface area (Å²) < 4.78 is 0. The van der Waals surface area contributed by atoms with Crippen LogP contribution in [0.1, 0.15) is 38.3 Å². The number of amides is 1. The van der Waals surface area contributed by atoms with Crippen LogP contribution in [0, 0.1) is 12.8 Å². The molecule has 5 heteroatoms. The topological polar surface area (TPSA) is 58.1 Å². The summed E-state index contributed by atoms with van der Waals surface area (Å²) in [5, 5.41) is 3.04. The molecule has 1 aromatic heterocycles. The highest BCUT2D eigenvalue weighted by atomic mass is 16.1. The number of nitrogens with one attached hydrogen (secondary N) is 1. The van der Waals surface area contributed by atoms with Crippen LogP contribution in [0.4, 0.5) is 5.82 Å². The summed E-state index contributed by atoms with van der Waals surface area (Å²) in [5.41, 5.74) is 0.914. The van der Waals surface area contributed by atoms with Crippen LogP contribution in [-0.4, -0.2) is 35.5 Å². The lowest BCUT2D eigenvalue weighted by Crippen LogP contribution is -2.43. The van der Waals surface area contributed by atoms with Gasteiger partial charge in [0.2, 0.25) is 5.91 Å². The third kappa shape index (κ3) is 3.92. The van der Waals surface area contributed by atoms with Crippen LogP contribution >= 0.6 is 0 Å². The van der Waals surface area contributed by atoms with Crippen molar-refractivity contribution in [2.24, 2.45) is 5.92 Å². The van der Waals surface area contributed by atoms with Crippen LogP contribution in [0.5, 0.6) is 0 Å². The average Bonchev–Trinajstić information content (AvgIpc) is 2.47. The fraction of sp³-hybridized carbons (Fsp3) is 0.667. The van der Waals surface area contributed by atoms with Crippen molar-refractivity contribution in [3.05, 3.63) is 18.1 Å². The number of hydrogen-bond acceptors (Lipinski definition) is 4. The second-order valence-electron chi connectivity index (χ2n) is 5.45. The van der Waals surface area contributed by atoms with E-state index >= 15 is 0 Å². The van der Waals surface area contributed by atoms with Gasteiger partial charge in [0, 0.05) is 25.8 Å². The number of carbonyl (C=O) groups excluding carboxylic acids is 1. The molecule has 2 heterocycles. The molecular weight excluding hydrogens is 252 g/mol. The highest BCUT2D eigenvalue weighted by Crippen LogP contribution is 2.21. The fourth-order valence-electron chi connectivity index (χ4n) is 2.53. The molecule has 0 spiro atoms. The maximum Gasteiger partial charge on any atom is 0.224 e. The second-order valence-corrected chi connectivity index (χ2v) is 5.45. The number of anilines is 1. The van der Waals surface area contributed by atoms with E-state index in [1.807, 2.05) is 6.92 Å². The zero-order valence-corrected chi connectivity index (χ0v) is 12.4. The number of unbranched alkanes of at least 4 members (excludes halogenated alkanes) is 1. The predicted octanol–water partition coefficient (Wildman–Crippen LogP) is 1.92. The van der Waals surface area contributed by atoms with Crippen LogP contribution in [0.2, 0.25) is 0 Å². The van der Waals surface area contributed by atoms with E-state index in [9.17, 15) is 4.79 Å². The fourth-order valence-corrected chi connectivity index (χ4v) is 2.53. The number of aromatic nitrogens is 2. The third-order valence-electron chi connectivity index (χ3n) is 3.69. The van der Waals surface area contributed by atoms with Crippen molar-refractivity contribution in [1.82, 2.24) is 15.3 Å². The van der Waals surface area contributed by atoms with Gasteiger partial charge in [-0.1, -0.05) is 13.3 Å². The van der Waals surface area contributed by atoms with Crippen LogP contribution in [0.25, 0.3) is 0 Å². The molecule has 1 aliphatic rings. The summed E-state index contributed by atoms with van der Waals surface area (Å²) in [6.07, 6.45) is 7.68. The highest BCUT2D eigenvalue weighted by Gasteiger charge is 2.26. The van der Waals surface area contributed by atoms with Gasteiger partial charge in [0.25, 0.3) is 0 Å². The SMILES string of the molecule is CCCCNC(=O)C1CCCN(c2cncc(C)n2)C1. The quantitative estimate of drug-likeness (QED) is 0.835. The summed E-state index contributed by atoms with van der Waals surface area (Å²) in [6, 6.07) is 0. The van der Waals surface area contributed by atoms with Crippen molar-refractivity contribution in [1.29, 1.82) is 0 Å². The molecule has 1 unspecified atom stereocenters. The van der Waals surface area contributed by atoms with Crippen molar-refractivity contribution in [2.45, 2.75) is 39.5 Å². The minimum atomic E-state index is 0.0721. The van der Waals surface area contributed by atoms with E-state index < -0.39 is 0 Å². The Morgan fingerprint density at radius 1 is 1.50 bits per heavy atom. The Labute approximate surface area is 120 Å². The molecule has 110 valence electrons. The van der Waals surface area contributed by atoms with E-state index in [0.717, 1.165) is 56.8 Å². The van der Waals surface area contributed by atoms with Gasteiger partial charge in [0.05, 0.1) is 17.8 Å². The molecule has 1 aromatic rings. The van der Waals surface area contributed by atoms with Crippen LogP contribution in [-0.2, 0) is 4.79 Å². The first-order valence-electron chi connectivity index (χ1n) is 7.52. The maximum atomic E-state index is 12.1. The Morgan fingerprint density at radius 3 is 3.10 bits per heavy atom. The van der Waals surface area contributed by atoms with Crippen LogP contribution in [0.15, 0.2) is 12.4 Å². The van der Waals surface area contributed by atoms with Crippen molar-refractivity contribution in [3.8, 4) is 0 Å². The molecule has 1 atom stereocenters. The Hall–Kier alpha value is -1.65. The molecule has 20 heavy (non-hydrogen) atoms. The normalized spacial score (nSPS) is 18.9. The summed E-state index contributed by atoms with van der Waals surface area (Å²) in [4.78, 5) is 23.0. The Kier molecular flexibility index (Phi) is 5.32. The molecular formula is C15H24N4O. The molecule has 0 bridgehead atoms. The second kappa shape index (κ2) is 7.22. The molecule has 0 saturated carbocycles. The largest absolute Gasteiger partial charge is 0.356 e. The standard InChI is InChI=1S/C15H24N4O/c1-3-4-7-17-15(20)13-6-5-8-19(11-13)14-10-16-9-12(2)18-14/h9-10,13H,3-8,11H2,1-2H3,(H,17,20). The molecule has 1 amide bonds. The van der Waals surface area contributed by atoms with Gasteiger partial charge in [-0.25, -0.2) is 4.98 Å². The first kappa shape index (κ1) is 14.8. The minimum Gasteiger partial charge on any atom is -0.356 e. The molecule has 0 aromatic carbocycles. The number of carbonyl (C=O) groups is 1. The van der Waals surface area contributed by atoms with E-state index in [-0.39, 0.29) is 11.8 Å². The average molecular weight is 276 g/mol. The van der Waals surface area contributed by atoms with E-state index in [1.165, 1.54) is 0 Å². The van der Waals surface area contributed by atoms with Gasteiger partial charge in [-0.3, -0.25) is 9.78 Å². The number of piperidine rings is 1. The van der Waals surface area contributed by atoms with Gasteiger partial charge in [0.15, 0.2) is 0 Å². The zero-order valence-electron chi connectivity index (χ0n) is 12.4. The van der Waals surface area contributed by atoms with Crippen LogP contribution in [0.3, 0.4) is 0 Å². The molecule has 1 N–H and O–H groups in total.